The van der Waals surface area contributed by atoms with Gasteiger partial charge in [-0.15, -0.1) is 11.3 Å². The molecule has 19 heavy (non-hydrogen) atoms. The van der Waals surface area contributed by atoms with Gasteiger partial charge in [0, 0.05) is 15.8 Å². The van der Waals surface area contributed by atoms with Crippen molar-refractivity contribution in [1.29, 1.82) is 0 Å². The summed E-state index contributed by atoms with van der Waals surface area (Å²) in [5.74, 6) is 0.183. The molecule has 2 heterocycles. The topological polar surface area (TPSA) is 25.8 Å². The Morgan fingerprint density at radius 2 is 2.05 bits per heavy atom. The quantitative estimate of drug-likeness (QED) is 0.558. The van der Waals surface area contributed by atoms with Gasteiger partial charge in [-0.25, -0.2) is 14.4 Å². The van der Waals surface area contributed by atoms with Crippen molar-refractivity contribution in [2.24, 2.45) is 0 Å². The highest BCUT2D eigenvalue weighted by Gasteiger charge is 2.11. The number of hydrogen-bond acceptors (Lipinski definition) is 3. The van der Waals surface area contributed by atoms with Gasteiger partial charge in [0.2, 0.25) is 0 Å². The van der Waals surface area contributed by atoms with Crippen molar-refractivity contribution >= 4 is 49.1 Å². The van der Waals surface area contributed by atoms with Crippen LogP contribution in [0.3, 0.4) is 0 Å². The van der Waals surface area contributed by atoms with Crippen molar-refractivity contribution in [3.05, 3.63) is 44.6 Å². The van der Waals surface area contributed by atoms with E-state index in [0.29, 0.717) is 15.5 Å². The number of benzene rings is 1. The van der Waals surface area contributed by atoms with Crippen LogP contribution in [0.25, 0.3) is 21.6 Å². The average Bonchev–Trinajstić information content (AvgIpc) is 2.74. The molecule has 0 unspecified atom stereocenters. The summed E-state index contributed by atoms with van der Waals surface area (Å²) < 4.78 is 13.6. The van der Waals surface area contributed by atoms with Crippen molar-refractivity contribution in [2.75, 3.05) is 0 Å². The second-order valence-electron chi connectivity index (χ2n) is 4.04. The van der Waals surface area contributed by atoms with Gasteiger partial charge < -0.3 is 0 Å². The fourth-order valence-corrected chi connectivity index (χ4v) is 3.31. The summed E-state index contributed by atoms with van der Waals surface area (Å²) >= 11 is 10.9. The Balaban J connectivity index is 2.21. The predicted molar refractivity (Wildman–Crippen MR) is 80.3 cm³/mol. The molecule has 0 aliphatic carbocycles. The summed E-state index contributed by atoms with van der Waals surface area (Å²) in [6.45, 7) is 2.00. The summed E-state index contributed by atoms with van der Waals surface area (Å²) in [6, 6.07) is 6.62. The lowest BCUT2D eigenvalue weighted by molar-refractivity contribution is 0.621. The van der Waals surface area contributed by atoms with E-state index < -0.39 is 0 Å². The van der Waals surface area contributed by atoms with E-state index in [1.54, 1.807) is 23.5 Å². The number of hydrogen-bond donors (Lipinski definition) is 0. The van der Waals surface area contributed by atoms with Gasteiger partial charge in [0.05, 0.1) is 4.47 Å². The Labute approximate surface area is 126 Å². The summed E-state index contributed by atoms with van der Waals surface area (Å²) in [5, 5.41) is 1.28. The zero-order valence-electron chi connectivity index (χ0n) is 9.75. The van der Waals surface area contributed by atoms with E-state index in [1.807, 2.05) is 13.0 Å². The smallest absolute Gasteiger partial charge is 0.162 e. The number of aromatic nitrogens is 2. The Morgan fingerprint density at radius 3 is 2.79 bits per heavy atom. The van der Waals surface area contributed by atoms with E-state index in [1.165, 1.54) is 6.07 Å². The van der Waals surface area contributed by atoms with E-state index >= 15 is 0 Å². The Kier molecular flexibility index (Phi) is 3.28. The van der Waals surface area contributed by atoms with Crippen LogP contribution < -0.4 is 0 Å². The standard InChI is InChI=1S/C13H7BrClFN2S/c1-6-4-8-11(15)17-12(18-13(8)19-6)7-2-3-10(16)9(14)5-7/h2-5H,1H3. The third kappa shape index (κ3) is 2.38. The molecule has 0 spiro atoms. The number of thiophene rings is 1. The molecule has 96 valence electrons. The molecule has 0 amide bonds. The Morgan fingerprint density at radius 1 is 1.26 bits per heavy atom. The Bertz CT molecular complexity index is 788. The zero-order chi connectivity index (χ0) is 13.6. The van der Waals surface area contributed by atoms with Gasteiger partial charge in [0.25, 0.3) is 0 Å². The molecule has 0 aliphatic heterocycles. The predicted octanol–water partition coefficient (Wildman–Crippen LogP) is 5.22. The Hall–Kier alpha value is -1.04. The lowest BCUT2D eigenvalue weighted by atomic mass is 10.2. The molecular formula is C13H7BrClFN2S. The third-order valence-electron chi connectivity index (χ3n) is 2.65. The van der Waals surface area contributed by atoms with Gasteiger partial charge in [0.1, 0.15) is 15.8 Å². The molecule has 0 saturated heterocycles. The largest absolute Gasteiger partial charge is 0.217 e. The lowest BCUT2D eigenvalue weighted by Crippen LogP contribution is -1.90. The van der Waals surface area contributed by atoms with Crippen LogP contribution in [0.5, 0.6) is 0 Å². The molecule has 3 rings (SSSR count). The summed E-state index contributed by atoms with van der Waals surface area (Å²) in [4.78, 5) is 10.7. The highest BCUT2D eigenvalue weighted by Crippen LogP contribution is 2.31. The average molecular weight is 358 g/mol. The maximum atomic E-state index is 13.2. The first-order valence-electron chi connectivity index (χ1n) is 5.44. The summed E-state index contributed by atoms with van der Waals surface area (Å²) in [6.07, 6.45) is 0. The third-order valence-corrected chi connectivity index (χ3v) is 4.49. The van der Waals surface area contributed by atoms with E-state index in [0.717, 1.165) is 20.7 Å². The van der Waals surface area contributed by atoms with Gasteiger partial charge in [-0.1, -0.05) is 11.6 Å². The molecule has 2 aromatic heterocycles. The molecule has 0 fully saturated rings. The molecule has 0 bridgehead atoms. The summed E-state index contributed by atoms with van der Waals surface area (Å²) in [5.41, 5.74) is 0.725. The SMILES string of the molecule is Cc1cc2c(Cl)nc(-c3ccc(F)c(Br)c3)nc2s1. The molecule has 6 heteroatoms. The number of halogens is 3. The first-order chi connectivity index (χ1) is 9.04. The molecule has 2 nitrogen and oxygen atoms in total. The van der Waals surface area contributed by atoms with Gasteiger partial charge >= 0.3 is 0 Å². The van der Waals surface area contributed by atoms with Crippen LogP contribution in [0, 0.1) is 12.7 Å². The maximum absolute atomic E-state index is 13.2. The van der Waals surface area contributed by atoms with Crippen LogP contribution in [0.1, 0.15) is 4.88 Å². The minimum absolute atomic E-state index is 0.317. The number of nitrogens with zero attached hydrogens (tertiary/aromatic N) is 2. The van der Waals surface area contributed by atoms with Crippen molar-refractivity contribution in [2.45, 2.75) is 6.92 Å². The fraction of sp³-hybridized carbons (Fsp3) is 0.0769. The van der Waals surface area contributed by atoms with E-state index in [-0.39, 0.29) is 5.82 Å². The van der Waals surface area contributed by atoms with Crippen molar-refractivity contribution in [3.8, 4) is 11.4 Å². The van der Waals surface area contributed by atoms with Gasteiger partial charge in [-0.2, -0.15) is 0 Å². The number of fused-ring (bicyclic) bond motifs is 1. The molecule has 0 radical (unpaired) electrons. The van der Waals surface area contributed by atoms with E-state index in [2.05, 4.69) is 25.9 Å². The normalized spacial score (nSPS) is 11.2. The van der Waals surface area contributed by atoms with Gasteiger partial charge in [0.15, 0.2) is 5.82 Å². The van der Waals surface area contributed by atoms with Crippen LogP contribution in [0.15, 0.2) is 28.7 Å². The molecule has 3 aromatic rings. The molecule has 0 atom stereocenters. The molecule has 0 saturated carbocycles. The molecule has 0 aliphatic rings. The number of aryl methyl sites for hydroxylation is 1. The van der Waals surface area contributed by atoms with E-state index in [4.69, 9.17) is 11.6 Å². The van der Waals surface area contributed by atoms with Crippen molar-refractivity contribution in [1.82, 2.24) is 9.97 Å². The van der Waals surface area contributed by atoms with Crippen LogP contribution in [-0.2, 0) is 0 Å². The lowest BCUT2D eigenvalue weighted by Gasteiger charge is -2.03. The molecule has 1 aromatic carbocycles. The fourth-order valence-electron chi connectivity index (χ4n) is 1.77. The second kappa shape index (κ2) is 4.81. The monoisotopic (exact) mass is 356 g/mol. The highest BCUT2D eigenvalue weighted by atomic mass is 79.9. The maximum Gasteiger partial charge on any atom is 0.162 e. The van der Waals surface area contributed by atoms with Gasteiger partial charge in [-0.05, 0) is 47.1 Å². The number of rotatable bonds is 1. The first kappa shape index (κ1) is 13.0. The van der Waals surface area contributed by atoms with Crippen LogP contribution in [0.2, 0.25) is 5.15 Å². The van der Waals surface area contributed by atoms with Gasteiger partial charge in [-0.3, -0.25) is 0 Å². The first-order valence-corrected chi connectivity index (χ1v) is 7.42. The molecular weight excluding hydrogens is 351 g/mol. The van der Waals surface area contributed by atoms with Crippen LogP contribution >= 0.6 is 38.9 Å². The minimum atomic E-state index is -0.317. The zero-order valence-corrected chi connectivity index (χ0v) is 12.9. The molecule has 0 N–H and O–H groups in total. The minimum Gasteiger partial charge on any atom is -0.217 e. The second-order valence-corrected chi connectivity index (χ2v) is 6.49. The van der Waals surface area contributed by atoms with Crippen molar-refractivity contribution in [3.63, 3.8) is 0 Å². The van der Waals surface area contributed by atoms with Crippen LogP contribution in [-0.4, -0.2) is 9.97 Å². The van der Waals surface area contributed by atoms with Crippen molar-refractivity contribution < 1.29 is 4.39 Å². The highest BCUT2D eigenvalue weighted by molar-refractivity contribution is 9.10. The van der Waals surface area contributed by atoms with Crippen LogP contribution in [0.4, 0.5) is 4.39 Å². The summed E-state index contributed by atoms with van der Waals surface area (Å²) in [7, 11) is 0. The van der Waals surface area contributed by atoms with E-state index in [9.17, 15) is 4.39 Å².